The van der Waals surface area contributed by atoms with E-state index in [1.165, 1.54) is 4.57 Å². The molecule has 2 rings (SSSR count). The first-order valence-corrected chi connectivity index (χ1v) is 5.06. The molecule has 0 fully saturated rings. The molecule has 0 unspecified atom stereocenters. The summed E-state index contributed by atoms with van der Waals surface area (Å²) in [6.45, 7) is 1.90. The molecule has 2 aromatic heterocycles. The maximum Gasteiger partial charge on any atom is 0.279 e. The summed E-state index contributed by atoms with van der Waals surface area (Å²) in [6.07, 6.45) is 1.71. The van der Waals surface area contributed by atoms with Crippen molar-refractivity contribution in [3.63, 3.8) is 0 Å². The number of hydrogen-bond acceptors (Lipinski definition) is 3. The highest BCUT2D eigenvalue weighted by Crippen LogP contribution is 2.05. The molecular formula is C12H13N3O. The third-order valence-electron chi connectivity index (χ3n) is 2.34. The zero-order chi connectivity index (χ0) is 11.5. The van der Waals surface area contributed by atoms with E-state index in [2.05, 4.69) is 10.3 Å². The van der Waals surface area contributed by atoms with Gasteiger partial charge in [-0.25, -0.2) is 4.98 Å². The lowest BCUT2D eigenvalue weighted by Crippen LogP contribution is -2.21. The number of anilines is 1. The van der Waals surface area contributed by atoms with Crippen LogP contribution in [0.4, 0.5) is 5.69 Å². The number of nitrogens with zero attached hydrogens (tertiary/aromatic N) is 2. The van der Waals surface area contributed by atoms with Crippen molar-refractivity contribution in [3.05, 3.63) is 52.6 Å². The molecule has 4 heteroatoms. The van der Waals surface area contributed by atoms with Crippen molar-refractivity contribution in [2.24, 2.45) is 0 Å². The minimum absolute atomic E-state index is 0.0944. The quantitative estimate of drug-likeness (QED) is 0.827. The van der Waals surface area contributed by atoms with E-state index in [0.29, 0.717) is 11.5 Å². The van der Waals surface area contributed by atoms with Gasteiger partial charge in [0, 0.05) is 18.9 Å². The van der Waals surface area contributed by atoms with E-state index in [1.54, 1.807) is 19.3 Å². The Morgan fingerprint density at radius 3 is 2.75 bits per heavy atom. The molecule has 0 radical (unpaired) electrons. The Morgan fingerprint density at radius 2 is 2.06 bits per heavy atom. The van der Waals surface area contributed by atoms with E-state index < -0.39 is 0 Å². The summed E-state index contributed by atoms with van der Waals surface area (Å²) >= 11 is 0. The summed E-state index contributed by atoms with van der Waals surface area (Å²) in [5, 5.41) is 2.86. The van der Waals surface area contributed by atoms with Gasteiger partial charge < -0.3 is 5.32 Å². The topological polar surface area (TPSA) is 46.9 Å². The fraction of sp³-hybridized carbons (Fsp3) is 0.167. The Hall–Kier alpha value is -2.10. The Bertz CT molecular complexity index is 560. The largest absolute Gasteiger partial charge is 0.384 e. The van der Waals surface area contributed by atoms with Gasteiger partial charge in [0.2, 0.25) is 0 Å². The number of rotatable bonds is 2. The molecule has 2 heterocycles. The second-order valence-corrected chi connectivity index (χ2v) is 3.48. The molecule has 2 aromatic rings. The van der Waals surface area contributed by atoms with Crippen LogP contribution in [0.5, 0.6) is 0 Å². The van der Waals surface area contributed by atoms with Gasteiger partial charge in [-0.1, -0.05) is 6.07 Å². The third kappa shape index (κ3) is 1.82. The first-order chi connectivity index (χ1) is 7.72. The second-order valence-electron chi connectivity index (χ2n) is 3.48. The summed E-state index contributed by atoms with van der Waals surface area (Å²) < 4.78 is 1.53. The molecule has 0 aliphatic rings. The average Bonchev–Trinajstić information content (AvgIpc) is 2.29. The first-order valence-electron chi connectivity index (χ1n) is 5.06. The molecule has 0 amide bonds. The fourth-order valence-corrected chi connectivity index (χ4v) is 1.53. The first kappa shape index (κ1) is 10.4. The van der Waals surface area contributed by atoms with Crippen molar-refractivity contribution in [2.75, 3.05) is 12.4 Å². The second kappa shape index (κ2) is 4.18. The maximum absolute atomic E-state index is 12.0. The number of nitrogens with one attached hydrogen (secondary N) is 1. The number of hydrogen-bond donors (Lipinski definition) is 1. The molecule has 0 aliphatic heterocycles. The Kier molecular flexibility index (Phi) is 2.72. The lowest BCUT2D eigenvalue weighted by Gasteiger charge is -2.07. The molecule has 0 bridgehead atoms. The van der Waals surface area contributed by atoms with E-state index >= 15 is 0 Å². The highest BCUT2D eigenvalue weighted by Gasteiger charge is 2.03. The molecule has 0 spiro atoms. The Labute approximate surface area is 93.6 Å². The van der Waals surface area contributed by atoms with Crippen LogP contribution >= 0.6 is 0 Å². The average molecular weight is 215 g/mol. The van der Waals surface area contributed by atoms with Crippen LogP contribution in [-0.4, -0.2) is 16.6 Å². The van der Waals surface area contributed by atoms with Crippen molar-refractivity contribution in [1.82, 2.24) is 9.55 Å². The van der Waals surface area contributed by atoms with Crippen LogP contribution < -0.4 is 10.9 Å². The van der Waals surface area contributed by atoms with E-state index in [0.717, 1.165) is 5.69 Å². The molecule has 1 N–H and O–H groups in total. The van der Waals surface area contributed by atoms with Crippen LogP contribution in [-0.2, 0) is 0 Å². The molecule has 0 aromatic carbocycles. The van der Waals surface area contributed by atoms with Gasteiger partial charge in [-0.2, -0.15) is 0 Å². The molecular weight excluding hydrogens is 202 g/mol. The summed E-state index contributed by atoms with van der Waals surface area (Å²) in [4.78, 5) is 16.3. The molecule has 0 atom stereocenters. The van der Waals surface area contributed by atoms with E-state index in [4.69, 9.17) is 0 Å². The maximum atomic E-state index is 12.0. The van der Waals surface area contributed by atoms with Crippen LogP contribution in [0.3, 0.4) is 0 Å². The molecule has 4 nitrogen and oxygen atoms in total. The standard InChI is InChI=1S/C12H13N3O/c1-9-5-3-7-11(14-9)15-8-4-6-10(13-2)12(15)16/h3-8,13H,1-2H3. The van der Waals surface area contributed by atoms with Crippen molar-refractivity contribution >= 4 is 5.69 Å². The molecule has 0 saturated heterocycles. The zero-order valence-corrected chi connectivity index (χ0v) is 9.27. The predicted molar refractivity (Wildman–Crippen MR) is 64.1 cm³/mol. The van der Waals surface area contributed by atoms with Crippen LogP contribution in [0.15, 0.2) is 41.3 Å². The van der Waals surface area contributed by atoms with Gasteiger partial charge in [0.05, 0.1) is 0 Å². The van der Waals surface area contributed by atoms with Gasteiger partial charge in [0.25, 0.3) is 5.56 Å². The highest BCUT2D eigenvalue weighted by atomic mass is 16.1. The fourth-order valence-electron chi connectivity index (χ4n) is 1.53. The van der Waals surface area contributed by atoms with Crippen LogP contribution in [0, 0.1) is 6.92 Å². The summed E-state index contributed by atoms with van der Waals surface area (Å²) in [5.74, 6) is 0.641. The molecule has 16 heavy (non-hydrogen) atoms. The summed E-state index contributed by atoms with van der Waals surface area (Å²) in [6, 6.07) is 9.16. The van der Waals surface area contributed by atoms with Gasteiger partial charge in [-0.15, -0.1) is 0 Å². The van der Waals surface area contributed by atoms with Gasteiger partial charge in [-0.3, -0.25) is 9.36 Å². The Morgan fingerprint density at radius 1 is 1.25 bits per heavy atom. The summed E-state index contributed by atoms with van der Waals surface area (Å²) in [7, 11) is 1.73. The number of pyridine rings is 2. The van der Waals surface area contributed by atoms with Crippen LogP contribution in [0.2, 0.25) is 0 Å². The Balaban J connectivity index is 2.61. The minimum Gasteiger partial charge on any atom is -0.384 e. The van der Waals surface area contributed by atoms with Crippen LogP contribution in [0.25, 0.3) is 5.82 Å². The zero-order valence-electron chi connectivity index (χ0n) is 9.27. The van der Waals surface area contributed by atoms with E-state index in [1.807, 2.05) is 31.2 Å². The van der Waals surface area contributed by atoms with Crippen molar-refractivity contribution < 1.29 is 0 Å². The van der Waals surface area contributed by atoms with Gasteiger partial charge in [0.15, 0.2) is 0 Å². The van der Waals surface area contributed by atoms with Gasteiger partial charge in [-0.05, 0) is 31.2 Å². The molecule has 82 valence electrons. The van der Waals surface area contributed by atoms with Crippen molar-refractivity contribution in [1.29, 1.82) is 0 Å². The van der Waals surface area contributed by atoms with Gasteiger partial charge >= 0.3 is 0 Å². The SMILES string of the molecule is CNc1cccn(-c2cccc(C)n2)c1=O. The monoisotopic (exact) mass is 215 g/mol. The predicted octanol–water partition coefficient (Wildman–Crippen LogP) is 1.58. The number of aryl methyl sites for hydroxylation is 1. The highest BCUT2D eigenvalue weighted by molar-refractivity contribution is 5.42. The molecule has 0 aliphatic carbocycles. The van der Waals surface area contributed by atoms with Crippen molar-refractivity contribution in [3.8, 4) is 5.82 Å². The normalized spacial score (nSPS) is 10.1. The lowest BCUT2D eigenvalue weighted by atomic mass is 10.3. The minimum atomic E-state index is -0.0944. The molecule has 0 saturated carbocycles. The lowest BCUT2D eigenvalue weighted by molar-refractivity contribution is 0.930. The third-order valence-corrected chi connectivity index (χ3v) is 2.34. The van der Waals surface area contributed by atoms with Gasteiger partial charge in [0.1, 0.15) is 11.5 Å². The number of aromatic nitrogens is 2. The van der Waals surface area contributed by atoms with Crippen molar-refractivity contribution in [2.45, 2.75) is 6.92 Å². The van der Waals surface area contributed by atoms with E-state index in [9.17, 15) is 4.79 Å². The van der Waals surface area contributed by atoms with Crippen LogP contribution in [0.1, 0.15) is 5.69 Å². The van der Waals surface area contributed by atoms with E-state index in [-0.39, 0.29) is 5.56 Å². The smallest absolute Gasteiger partial charge is 0.279 e. The summed E-state index contributed by atoms with van der Waals surface area (Å²) in [5.41, 5.74) is 1.35.